The highest BCUT2D eigenvalue weighted by molar-refractivity contribution is 5.92. The Morgan fingerprint density at radius 1 is 0.586 bits per heavy atom. The fraction of sp³-hybridized carbons (Fsp3) is 0.200. The van der Waals surface area contributed by atoms with Gasteiger partial charge in [-0.1, -0.05) is 34.4 Å². The van der Waals surface area contributed by atoms with Crippen molar-refractivity contribution < 1.29 is 19.1 Å². The largest absolute Gasteiger partial charge is 0.423 e. The van der Waals surface area contributed by atoms with Crippen LogP contribution in [-0.4, -0.2) is 11.9 Å². The monoisotopic (exact) mass is 388 g/mol. The summed E-state index contributed by atoms with van der Waals surface area (Å²) >= 11 is 0. The van der Waals surface area contributed by atoms with Crippen molar-refractivity contribution in [2.75, 3.05) is 0 Å². The number of rotatable bonds is 4. The number of ether oxygens (including phenoxy) is 2. The fourth-order valence-corrected chi connectivity index (χ4v) is 3.31. The summed E-state index contributed by atoms with van der Waals surface area (Å²) in [7, 11) is 0. The Labute approximate surface area is 171 Å². The normalized spacial score (nSPS) is 10.5. The summed E-state index contributed by atoms with van der Waals surface area (Å²) in [5.41, 5.74) is 5.72. The first-order chi connectivity index (χ1) is 13.7. The van der Waals surface area contributed by atoms with Crippen LogP contribution in [0.15, 0.2) is 54.6 Å². The predicted octanol–water partition coefficient (Wildman–Crippen LogP) is 5.67. The smallest absolute Gasteiger partial charge is 0.343 e. The molecular weight excluding hydrogens is 364 g/mol. The summed E-state index contributed by atoms with van der Waals surface area (Å²) in [6.45, 7) is 9.56. The van der Waals surface area contributed by atoms with E-state index in [1.54, 1.807) is 49.4 Å². The van der Waals surface area contributed by atoms with Gasteiger partial charge in [0.1, 0.15) is 11.5 Å². The molecule has 0 aliphatic rings. The van der Waals surface area contributed by atoms with E-state index in [9.17, 15) is 9.59 Å². The molecule has 0 aliphatic heterocycles. The molecule has 0 heterocycles. The van der Waals surface area contributed by atoms with Gasteiger partial charge in [0.15, 0.2) is 0 Å². The molecule has 148 valence electrons. The quantitative estimate of drug-likeness (QED) is 0.427. The molecule has 0 bridgehead atoms. The molecule has 0 aliphatic carbocycles. The van der Waals surface area contributed by atoms with Gasteiger partial charge in [-0.2, -0.15) is 0 Å². The van der Waals surface area contributed by atoms with Crippen molar-refractivity contribution in [3.05, 3.63) is 93.5 Å². The second-order valence-electron chi connectivity index (χ2n) is 7.46. The van der Waals surface area contributed by atoms with Crippen molar-refractivity contribution >= 4 is 11.9 Å². The van der Waals surface area contributed by atoms with Gasteiger partial charge in [-0.05, 0) is 82.6 Å². The molecule has 3 aromatic rings. The van der Waals surface area contributed by atoms with Crippen LogP contribution in [0.25, 0.3) is 0 Å². The van der Waals surface area contributed by atoms with E-state index >= 15 is 0 Å². The van der Waals surface area contributed by atoms with E-state index in [1.807, 2.05) is 39.8 Å². The maximum Gasteiger partial charge on any atom is 0.343 e. The second kappa shape index (κ2) is 8.31. The number of esters is 2. The van der Waals surface area contributed by atoms with Crippen molar-refractivity contribution in [3.8, 4) is 11.5 Å². The number of aryl methyl sites for hydroxylation is 5. The average molecular weight is 388 g/mol. The van der Waals surface area contributed by atoms with E-state index < -0.39 is 11.9 Å². The number of hydrogen-bond acceptors (Lipinski definition) is 4. The van der Waals surface area contributed by atoms with E-state index in [2.05, 4.69) is 0 Å². The SMILES string of the molecule is Cc1cc(C)cc(C(=O)Oc2ccc(OC(=O)c3cc(C)cc(C)c3)c(C)c2)c1. The average Bonchev–Trinajstić information content (AvgIpc) is 2.62. The molecule has 3 aromatic carbocycles. The summed E-state index contributed by atoms with van der Waals surface area (Å²) in [4.78, 5) is 24.9. The molecular formula is C25H24O4. The van der Waals surface area contributed by atoms with E-state index in [-0.39, 0.29) is 0 Å². The van der Waals surface area contributed by atoms with Crippen molar-refractivity contribution in [3.63, 3.8) is 0 Å². The molecule has 4 nitrogen and oxygen atoms in total. The van der Waals surface area contributed by atoms with Crippen LogP contribution < -0.4 is 9.47 Å². The summed E-state index contributed by atoms with van der Waals surface area (Å²) in [5.74, 6) is -0.00530. The molecule has 3 rings (SSSR count). The maximum atomic E-state index is 12.5. The van der Waals surface area contributed by atoms with Crippen LogP contribution in [0.3, 0.4) is 0 Å². The van der Waals surface area contributed by atoms with Gasteiger partial charge < -0.3 is 9.47 Å². The molecule has 0 aromatic heterocycles. The molecule has 0 fully saturated rings. The van der Waals surface area contributed by atoms with E-state index in [4.69, 9.17) is 9.47 Å². The molecule has 0 saturated carbocycles. The number of benzene rings is 3. The Kier molecular flexibility index (Phi) is 5.83. The van der Waals surface area contributed by atoms with E-state index in [0.717, 1.165) is 22.3 Å². The summed E-state index contributed by atoms with van der Waals surface area (Å²) < 4.78 is 11.0. The number of carbonyl (C=O) groups is 2. The molecule has 0 saturated heterocycles. The minimum atomic E-state index is -0.420. The standard InChI is InChI=1S/C25H24O4/c1-15-8-16(2)11-20(10-15)24(26)28-22-6-7-23(19(5)14-22)29-25(27)21-12-17(3)9-18(4)13-21/h6-14H,1-5H3. The Morgan fingerprint density at radius 3 is 1.48 bits per heavy atom. The minimum Gasteiger partial charge on any atom is -0.423 e. The van der Waals surface area contributed by atoms with Crippen molar-refractivity contribution in [2.24, 2.45) is 0 Å². The van der Waals surface area contributed by atoms with Gasteiger partial charge in [-0.3, -0.25) is 0 Å². The summed E-state index contributed by atoms with van der Waals surface area (Å²) in [6, 6.07) is 16.1. The van der Waals surface area contributed by atoms with E-state index in [1.165, 1.54) is 0 Å². The fourth-order valence-electron chi connectivity index (χ4n) is 3.31. The summed E-state index contributed by atoms with van der Waals surface area (Å²) in [6.07, 6.45) is 0. The van der Waals surface area contributed by atoms with Crippen LogP contribution in [-0.2, 0) is 0 Å². The van der Waals surface area contributed by atoms with Crippen LogP contribution in [0.5, 0.6) is 11.5 Å². The number of carbonyl (C=O) groups excluding carboxylic acids is 2. The lowest BCUT2D eigenvalue weighted by molar-refractivity contribution is 0.0718. The Morgan fingerprint density at radius 2 is 1.03 bits per heavy atom. The van der Waals surface area contributed by atoms with E-state index in [0.29, 0.717) is 28.2 Å². The molecule has 0 atom stereocenters. The summed E-state index contributed by atoms with van der Waals surface area (Å²) in [5, 5.41) is 0. The third kappa shape index (κ3) is 5.11. The van der Waals surface area contributed by atoms with Gasteiger partial charge in [0.2, 0.25) is 0 Å². The Balaban J connectivity index is 1.74. The maximum absolute atomic E-state index is 12.5. The minimum absolute atomic E-state index is 0.401. The van der Waals surface area contributed by atoms with Gasteiger partial charge in [0.25, 0.3) is 0 Å². The molecule has 0 spiro atoms. The Hall–Kier alpha value is -3.40. The van der Waals surface area contributed by atoms with Gasteiger partial charge in [-0.15, -0.1) is 0 Å². The van der Waals surface area contributed by atoms with Crippen LogP contribution in [0.1, 0.15) is 48.5 Å². The second-order valence-corrected chi connectivity index (χ2v) is 7.46. The van der Waals surface area contributed by atoms with Crippen LogP contribution in [0.4, 0.5) is 0 Å². The molecule has 0 amide bonds. The van der Waals surface area contributed by atoms with Crippen molar-refractivity contribution in [2.45, 2.75) is 34.6 Å². The highest BCUT2D eigenvalue weighted by Crippen LogP contribution is 2.25. The van der Waals surface area contributed by atoms with Crippen molar-refractivity contribution in [1.29, 1.82) is 0 Å². The lowest BCUT2D eigenvalue weighted by Crippen LogP contribution is -2.11. The lowest BCUT2D eigenvalue weighted by atomic mass is 10.1. The molecule has 4 heteroatoms. The molecule has 29 heavy (non-hydrogen) atoms. The Bertz CT molecular complexity index is 1060. The molecule has 0 unspecified atom stereocenters. The third-order valence-corrected chi connectivity index (χ3v) is 4.47. The van der Waals surface area contributed by atoms with Crippen LogP contribution >= 0.6 is 0 Å². The first-order valence-electron chi connectivity index (χ1n) is 9.43. The predicted molar refractivity (Wildman–Crippen MR) is 113 cm³/mol. The molecule has 0 N–H and O–H groups in total. The highest BCUT2D eigenvalue weighted by Gasteiger charge is 2.14. The van der Waals surface area contributed by atoms with Crippen molar-refractivity contribution in [1.82, 2.24) is 0 Å². The lowest BCUT2D eigenvalue weighted by Gasteiger charge is -2.11. The van der Waals surface area contributed by atoms with Crippen LogP contribution in [0.2, 0.25) is 0 Å². The first-order valence-corrected chi connectivity index (χ1v) is 9.43. The van der Waals surface area contributed by atoms with Gasteiger partial charge in [0.05, 0.1) is 11.1 Å². The van der Waals surface area contributed by atoms with Crippen LogP contribution in [0, 0.1) is 34.6 Å². The third-order valence-electron chi connectivity index (χ3n) is 4.47. The molecule has 0 radical (unpaired) electrons. The van der Waals surface area contributed by atoms with Gasteiger partial charge in [0, 0.05) is 0 Å². The topological polar surface area (TPSA) is 52.6 Å². The zero-order valence-corrected chi connectivity index (χ0v) is 17.3. The number of hydrogen-bond donors (Lipinski definition) is 0. The zero-order chi connectivity index (χ0) is 21.1. The van der Waals surface area contributed by atoms with Gasteiger partial charge in [-0.25, -0.2) is 9.59 Å². The van der Waals surface area contributed by atoms with Gasteiger partial charge >= 0.3 is 11.9 Å². The zero-order valence-electron chi connectivity index (χ0n) is 17.3. The first kappa shape index (κ1) is 20.3. The highest BCUT2D eigenvalue weighted by atomic mass is 16.5.